The molecule has 110 valence electrons. The van der Waals surface area contributed by atoms with Crippen molar-refractivity contribution in [1.82, 2.24) is 0 Å². The van der Waals surface area contributed by atoms with Crippen molar-refractivity contribution in [2.24, 2.45) is 0 Å². The molecule has 7 nitrogen and oxygen atoms in total. The number of carboxylic acids is 1. The molecule has 0 radical (unpaired) electrons. The molecule has 2 N–H and O–H groups in total. The molecule has 0 heterocycles. The first-order chi connectivity index (χ1) is 9.40. The first-order valence-corrected chi connectivity index (χ1v) is 6.18. The Labute approximate surface area is 116 Å². The van der Waals surface area contributed by atoms with Gasteiger partial charge in [-0.15, -0.1) is 0 Å². The number of rotatable bonds is 7. The number of hydrogen-bond donors (Lipinski definition) is 2. The summed E-state index contributed by atoms with van der Waals surface area (Å²) in [7, 11) is 1.56. The van der Waals surface area contributed by atoms with Gasteiger partial charge in [-0.2, -0.15) is 0 Å². The van der Waals surface area contributed by atoms with Gasteiger partial charge in [0.1, 0.15) is 0 Å². The highest BCUT2D eigenvalue weighted by molar-refractivity contribution is 5.90. The zero-order chi connectivity index (χ0) is 15.3. The summed E-state index contributed by atoms with van der Waals surface area (Å²) in [6.45, 7) is 3.97. The number of aromatic carboxylic acids is 1. The van der Waals surface area contributed by atoms with E-state index in [2.05, 4.69) is 5.32 Å². The van der Waals surface area contributed by atoms with E-state index in [-0.39, 0.29) is 17.3 Å². The Morgan fingerprint density at radius 1 is 1.55 bits per heavy atom. The number of nitrogens with zero attached hydrogens (tertiary/aromatic N) is 1. The van der Waals surface area contributed by atoms with Gasteiger partial charge in [-0.05, 0) is 19.4 Å². The van der Waals surface area contributed by atoms with Crippen LogP contribution in [0.5, 0.6) is 0 Å². The van der Waals surface area contributed by atoms with E-state index in [0.717, 1.165) is 12.5 Å². The Morgan fingerprint density at radius 3 is 2.65 bits per heavy atom. The highest BCUT2D eigenvalue weighted by Gasteiger charge is 2.20. The molecule has 0 bridgehead atoms. The Bertz CT molecular complexity index is 516. The van der Waals surface area contributed by atoms with E-state index in [4.69, 9.17) is 9.84 Å². The topological polar surface area (TPSA) is 102 Å². The van der Waals surface area contributed by atoms with Crippen molar-refractivity contribution in [3.8, 4) is 0 Å². The van der Waals surface area contributed by atoms with Crippen LogP contribution < -0.4 is 5.32 Å². The van der Waals surface area contributed by atoms with Crippen molar-refractivity contribution in [2.75, 3.05) is 19.0 Å². The summed E-state index contributed by atoms with van der Waals surface area (Å²) in [4.78, 5) is 21.5. The van der Waals surface area contributed by atoms with Crippen LogP contribution in [0.1, 0.15) is 29.3 Å². The molecule has 0 aromatic heterocycles. The fraction of sp³-hybridized carbons (Fsp3) is 0.462. The summed E-state index contributed by atoms with van der Waals surface area (Å²) >= 11 is 0. The van der Waals surface area contributed by atoms with Crippen LogP contribution in [0.25, 0.3) is 0 Å². The van der Waals surface area contributed by atoms with Crippen LogP contribution in [0.3, 0.4) is 0 Å². The number of carboxylic acid groups (broad SMARTS) is 1. The number of anilines is 1. The van der Waals surface area contributed by atoms with Crippen LogP contribution in [0.4, 0.5) is 11.4 Å². The standard InChI is InChI=1S/C13H18N2O5/c1-4-10(7-20-3)14-11-5-9(13(16)17)6-12(8(11)2)15(18)19/h5-6,10,14H,4,7H2,1-3H3,(H,16,17). The number of carbonyl (C=O) groups is 1. The van der Waals surface area contributed by atoms with E-state index >= 15 is 0 Å². The monoisotopic (exact) mass is 282 g/mol. The minimum atomic E-state index is -1.20. The molecular weight excluding hydrogens is 264 g/mol. The van der Waals surface area contributed by atoms with Crippen LogP contribution in [0.2, 0.25) is 0 Å². The minimum Gasteiger partial charge on any atom is -0.478 e. The van der Waals surface area contributed by atoms with Crippen molar-refractivity contribution in [1.29, 1.82) is 0 Å². The molecule has 0 fully saturated rings. The Morgan fingerprint density at radius 2 is 2.20 bits per heavy atom. The lowest BCUT2D eigenvalue weighted by molar-refractivity contribution is -0.385. The molecule has 0 saturated heterocycles. The number of nitro groups is 1. The molecule has 0 saturated carbocycles. The lowest BCUT2D eigenvalue weighted by Crippen LogP contribution is -2.24. The van der Waals surface area contributed by atoms with Gasteiger partial charge < -0.3 is 15.2 Å². The predicted octanol–water partition coefficient (Wildman–Crippen LogP) is 2.44. The summed E-state index contributed by atoms with van der Waals surface area (Å²) in [6.07, 6.45) is 0.748. The van der Waals surface area contributed by atoms with Gasteiger partial charge in [-0.3, -0.25) is 10.1 Å². The average molecular weight is 282 g/mol. The highest BCUT2D eigenvalue weighted by Crippen LogP contribution is 2.28. The predicted molar refractivity (Wildman–Crippen MR) is 74.4 cm³/mol. The number of benzene rings is 1. The van der Waals surface area contributed by atoms with E-state index in [1.54, 1.807) is 14.0 Å². The summed E-state index contributed by atoms with van der Waals surface area (Å²) < 4.78 is 5.05. The van der Waals surface area contributed by atoms with Gasteiger partial charge in [0, 0.05) is 30.5 Å². The molecule has 20 heavy (non-hydrogen) atoms. The van der Waals surface area contributed by atoms with Gasteiger partial charge in [-0.1, -0.05) is 6.92 Å². The van der Waals surface area contributed by atoms with Crippen molar-refractivity contribution in [3.05, 3.63) is 33.4 Å². The van der Waals surface area contributed by atoms with Gasteiger partial charge in [0.05, 0.1) is 17.1 Å². The van der Waals surface area contributed by atoms with Crippen LogP contribution in [-0.4, -0.2) is 35.8 Å². The zero-order valence-electron chi connectivity index (χ0n) is 11.7. The largest absolute Gasteiger partial charge is 0.478 e. The normalized spacial score (nSPS) is 11.9. The molecule has 1 aromatic carbocycles. The van der Waals surface area contributed by atoms with Crippen LogP contribution in [-0.2, 0) is 4.74 Å². The molecule has 1 unspecified atom stereocenters. The van der Waals surface area contributed by atoms with Gasteiger partial charge >= 0.3 is 5.97 Å². The molecule has 0 amide bonds. The van der Waals surface area contributed by atoms with E-state index in [1.807, 2.05) is 6.92 Å². The average Bonchev–Trinajstić information content (AvgIpc) is 2.39. The molecular formula is C13H18N2O5. The highest BCUT2D eigenvalue weighted by atomic mass is 16.6. The molecule has 0 spiro atoms. The van der Waals surface area contributed by atoms with Crippen molar-refractivity contribution in [2.45, 2.75) is 26.3 Å². The second-order valence-corrected chi connectivity index (χ2v) is 4.44. The third kappa shape index (κ3) is 3.67. The van der Waals surface area contributed by atoms with E-state index < -0.39 is 10.9 Å². The second-order valence-electron chi connectivity index (χ2n) is 4.44. The Kier molecular flexibility index (Phi) is 5.45. The maximum Gasteiger partial charge on any atom is 0.336 e. The first-order valence-electron chi connectivity index (χ1n) is 6.18. The van der Waals surface area contributed by atoms with Crippen LogP contribution >= 0.6 is 0 Å². The Balaban J connectivity index is 3.23. The smallest absolute Gasteiger partial charge is 0.336 e. The number of ether oxygens (including phenoxy) is 1. The van der Waals surface area contributed by atoms with Gasteiger partial charge in [0.2, 0.25) is 0 Å². The molecule has 1 rings (SSSR count). The van der Waals surface area contributed by atoms with E-state index in [9.17, 15) is 14.9 Å². The second kappa shape index (κ2) is 6.85. The SMILES string of the molecule is CCC(COC)Nc1cc(C(=O)O)cc([N+](=O)[O-])c1C. The molecule has 0 aliphatic carbocycles. The quantitative estimate of drug-likeness (QED) is 0.588. The fourth-order valence-electron chi connectivity index (χ4n) is 1.84. The van der Waals surface area contributed by atoms with Gasteiger partial charge in [0.15, 0.2) is 0 Å². The maximum atomic E-state index is 11.0. The third-order valence-corrected chi connectivity index (χ3v) is 3.04. The number of nitro benzene ring substituents is 1. The summed E-state index contributed by atoms with van der Waals surface area (Å²) in [6, 6.07) is 2.44. The number of methoxy groups -OCH3 is 1. The minimum absolute atomic E-state index is 0.0395. The van der Waals surface area contributed by atoms with Crippen molar-refractivity contribution in [3.63, 3.8) is 0 Å². The van der Waals surface area contributed by atoms with Crippen molar-refractivity contribution >= 4 is 17.3 Å². The summed E-state index contributed by atoms with van der Waals surface area (Å²) in [5, 5.41) is 23.1. The first kappa shape index (κ1) is 15.9. The maximum absolute atomic E-state index is 11.0. The number of hydrogen-bond acceptors (Lipinski definition) is 5. The van der Waals surface area contributed by atoms with E-state index in [0.29, 0.717) is 17.9 Å². The summed E-state index contributed by atoms with van der Waals surface area (Å²) in [5.74, 6) is -1.20. The molecule has 0 aliphatic rings. The van der Waals surface area contributed by atoms with Gasteiger partial charge in [0.25, 0.3) is 5.69 Å². The van der Waals surface area contributed by atoms with Crippen molar-refractivity contribution < 1.29 is 19.6 Å². The van der Waals surface area contributed by atoms with Crippen LogP contribution in [0.15, 0.2) is 12.1 Å². The number of nitrogens with one attached hydrogen (secondary N) is 1. The Hall–Kier alpha value is -2.15. The lowest BCUT2D eigenvalue weighted by Gasteiger charge is -2.19. The molecule has 7 heteroatoms. The van der Waals surface area contributed by atoms with Crippen LogP contribution in [0, 0.1) is 17.0 Å². The third-order valence-electron chi connectivity index (χ3n) is 3.04. The molecule has 0 aliphatic heterocycles. The summed E-state index contributed by atoms with van der Waals surface area (Å²) in [5.41, 5.74) is 0.534. The zero-order valence-corrected chi connectivity index (χ0v) is 11.7. The fourth-order valence-corrected chi connectivity index (χ4v) is 1.84. The van der Waals surface area contributed by atoms with Gasteiger partial charge in [-0.25, -0.2) is 4.79 Å². The van der Waals surface area contributed by atoms with E-state index in [1.165, 1.54) is 6.07 Å². The molecule has 1 aromatic rings. The lowest BCUT2D eigenvalue weighted by atomic mass is 10.1. The molecule has 1 atom stereocenters.